The minimum Gasteiger partial charge on any atom is -0.0654 e. The molecule has 1 aliphatic rings. The molecule has 0 atom stereocenters. The molecule has 0 fully saturated rings. The normalized spacial score (nSPS) is 14.1. The van der Waals surface area contributed by atoms with Gasteiger partial charge in [-0.15, -0.1) is 0 Å². The number of hydrogen-bond donors (Lipinski definition) is 0. The molecule has 3 rings (SSSR count). The van der Waals surface area contributed by atoms with Gasteiger partial charge in [0.15, 0.2) is 0 Å². The Labute approximate surface area is 188 Å². The molecule has 0 saturated heterocycles. The fourth-order valence-electron chi connectivity index (χ4n) is 4.99. The molecule has 2 aromatic carbocycles. The molecule has 2 heteroatoms. The van der Waals surface area contributed by atoms with Gasteiger partial charge in [0, 0.05) is 14.4 Å². The number of halogens is 2. The molecule has 0 aromatic heterocycles. The van der Waals surface area contributed by atoms with E-state index in [0.29, 0.717) is 0 Å². The quantitative estimate of drug-likeness (QED) is 0.266. The summed E-state index contributed by atoms with van der Waals surface area (Å²) >= 11 is 7.52. The molecular weight excluding hydrogens is 472 g/mol. The molecule has 0 aliphatic heterocycles. The second-order valence-electron chi connectivity index (χ2n) is 8.44. The molecule has 0 saturated carbocycles. The smallest absolute Gasteiger partial charge is 0.0216 e. The van der Waals surface area contributed by atoms with Gasteiger partial charge < -0.3 is 0 Å². The molecule has 0 unspecified atom stereocenters. The highest BCUT2D eigenvalue weighted by Crippen LogP contribution is 2.55. The van der Waals surface area contributed by atoms with Gasteiger partial charge in [-0.25, -0.2) is 0 Å². The zero-order chi connectivity index (χ0) is 20.0. The molecule has 0 heterocycles. The maximum absolute atomic E-state index is 3.76. The van der Waals surface area contributed by atoms with Crippen LogP contribution in [0.2, 0.25) is 0 Å². The summed E-state index contributed by atoms with van der Waals surface area (Å²) in [4.78, 5) is 0. The first-order valence-corrected chi connectivity index (χ1v) is 12.8. The summed E-state index contributed by atoms with van der Waals surface area (Å²) in [6.07, 6.45) is 14.6. The zero-order valence-corrected chi connectivity index (χ0v) is 20.7. The van der Waals surface area contributed by atoms with E-state index in [1.165, 1.54) is 90.7 Å². The Balaban J connectivity index is 1.97. The summed E-state index contributed by atoms with van der Waals surface area (Å²) in [5, 5.41) is 0. The van der Waals surface area contributed by atoms with Crippen LogP contribution in [0.15, 0.2) is 45.3 Å². The Morgan fingerprint density at radius 2 is 1.04 bits per heavy atom. The van der Waals surface area contributed by atoms with Gasteiger partial charge in [0.05, 0.1) is 0 Å². The topological polar surface area (TPSA) is 0 Å². The third kappa shape index (κ3) is 4.75. The Morgan fingerprint density at radius 3 is 1.50 bits per heavy atom. The van der Waals surface area contributed by atoms with Gasteiger partial charge in [-0.3, -0.25) is 0 Å². The van der Waals surface area contributed by atoms with Gasteiger partial charge in [-0.2, -0.15) is 0 Å². The van der Waals surface area contributed by atoms with Crippen molar-refractivity contribution in [1.82, 2.24) is 0 Å². The van der Waals surface area contributed by atoms with Crippen LogP contribution in [0, 0.1) is 0 Å². The first-order valence-electron chi connectivity index (χ1n) is 11.2. The molecular formula is C26H34Br2. The highest BCUT2D eigenvalue weighted by Gasteiger charge is 2.42. The van der Waals surface area contributed by atoms with Crippen molar-refractivity contribution in [1.29, 1.82) is 0 Å². The van der Waals surface area contributed by atoms with E-state index < -0.39 is 0 Å². The van der Waals surface area contributed by atoms with Crippen LogP contribution in [0.5, 0.6) is 0 Å². The van der Waals surface area contributed by atoms with Crippen LogP contribution in [0.3, 0.4) is 0 Å². The van der Waals surface area contributed by atoms with Crippen molar-refractivity contribution in [2.75, 3.05) is 0 Å². The minimum atomic E-state index is 0.179. The Kier molecular flexibility index (Phi) is 8.23. The van der Waals surface area contributed by atoms with Gasteiger partial charge >= 0.3 is 0 Å². The van der Waals surface area contributed by atoms with E-state index in [4.69, 9.17) is 0 Å². The van der Waals surface area contributed by atoms with E-state index in [2.05, 4.69) is 82.1 Å². The van der Waals surface area contributed by atoms with Gasteiger partial charge in [-0.1, -0.05) is 116 Å². The number of benzene rings is 2. The molecule has 0 bridgehead atoms. The highest BCUT2D eigenvalue weighted by atomic mass is 79.9. The zero-order valence-electron chi connectivity index (χ0n) is 17.5. The van der Waals surface area contributed by atoms with Crippen LogP contribution < -0.4 is 0 Å². The fourth-order valence-corrected chi connectivity index (χ4v) is 5.71. The molecule has 0 nitrogen and oxygen atoms in total. The SMILES string of the molecule is CCCCCCCC1(CCCCCC)c2cc(Br)ccc2-c2ccc(Br)cc21. The molecule has 0 amide bonds. The van der Waals surface area contributed by atoms with Crippen LogP contribution in [-0.2, 0) is 5.41 Å². The predicted molar refractivity (Wildman–Crippen MR) is 130 cm³/mol. The lowest BCUT2D eigenvalue weighted by Gasteiger charge is -2.33. The predicted octanol–water partition coefficient (Wildman–Crippen LogP) is 9.81. The molecule has 2 aromatic rings. The third-order valence-corrected chi connectivity index (χ3v) is 7.44. The van der Waals surface area contributed by atoms with Crippen molar-refractivity contribution < 1.29 is 0 Å². The lowest BCUT2D eigenvalue weighted by atomic mass is 9.70. The number of hydrogen-bond acceptors (Lipinski definition) is 0. The molecule has 0 N–H and O–H groups in total. The molecule has 1 aliphatic carbocycles. The average Bonchev–Trinajstić information content (AvgIpc) is 2.94. The Bertz CT molecular complexity index is 726. The number of unbranched alkanes of at least 4 members (excludes halogenated alkanes) is 7. The standard InChI is InChI=1S/C26H34Br2/c1-3-5-7-9-11-17-26(16-10-8-6-4-2)24-18-20(27)12-14-22(24)23-15-13-21(28)19-25(23)26/h12-15,18-19H,3-11,16-17H2,1-2H3. The summed E-state index contributed by atoms with van der Waals surface area (Å²) in [6.45, 7) is 4.60. The van der Waals surface area contributed by atoms with Crippen molar-refractivity contribution in [3.8, 4) is 11.1 Å². The van der Waals surface area contributed by atoms with Gasteiger partial charge in [-0.05, 0) is 59.4 Å². The molecule has 28 heavy (non-hydrogen) atoms. The Hall–Kier alpha value is -0.600. The van der Waals surface area contributed by atoms with E-state index >= 15 is 0 Å². The molecule has 0 radical (unpaired) electrons. The van der Waals surface area contributed by atoms with Crippen LogP contribution in [0.4, 0.5) is 0 Å². The second kappa shape index (κ2) is 10.4. The number of fused-ring (bicyclic) bond motifs is 3. The van der Waals surface area contributed by atoms with Gasteiger partial charge in [0.25, 0.3) is 0 Å². The first kappa shape index (κ1) is 22.1. The summed E-state index contributed by atoms with van der Waals surface area (Å²) < 4.78 is 2.42. The first-order chi connectivity index (χ1) is 13.6. The molecule has 152 valence electrons. The van der Waals surface area contributed by atoms with E-state index in [1.807, 2.05) is 0 Å². The maximum atomic E-state index is 3.76. The van der Waals surface area contributed by atoms with Crippen LogP contribution in [0.1, 0.15) is 95.6 Å². The number of rotatable bonds is 11. The monoisotopic (exact) mass is 504 g/mol. The van der Waals surface area contributed by atoms with Crippen molar-refractivity contribution >= 4 is 31.9 Å². The summed E-state index contributed by atoms with van der Waals surface area (Å²) in [6, 6.07) is 13.9. The fraction of sp³-hybridized carbons (Fsp3) is 0.538. The van der Waals surface area contributed by atoms with Gasteiger partial charge in [0.1, 0.15) is 0 Å². The van der Waals surface area contributed by atoms with E-state index in [1.54, 1.807) is 11.1 Å². The lowest BCUT2D eigenvalue weighted by Crippen LogP contribution is -2.25. The maximum Gasteiger partial charge on any atom is 0.0216 e. The highest BCUT2D eigenvalue weighted by molar-refractivity contribution is 9.10. The van der Waals surface area contributed by atoms with Crippen molar-refractivity contribution in [3.63, 3.8) is 0 Å². The van der Waals surface area contributed by atoms with E-state index in [0.717, 1.165) is 0 Å². The van der Waals surface area contributed by atoms with Crippen LogP contribution >= 0.6 is 31.9 Å². The average molecular weight is 506 g/mol. The van der Waals surface area contributed by atoms with E-state index in [-0.39, 0.29) is 5.41 Å². The molecule has 0 spiro atoms. The Morgan fingerprint density at radius 1 is 0.607 bits per heavy atom. The lowest BCUT2D eigenvalue weighted by molar-refractivity contribution is 0.399. The summed E-state index contributed by atoms with van der Waals surface area (Å²) in [7, 11) is 0. The van der Waals surface area contributed by atoms with Crippen LogP contribution in [-0.4, -0.2) is 0 Å². The van der Waals surface area contributed by atoms with Gasteiger partial charge in [0.2, 0.25) is 0 Å². The van der Waals surface area contributed by atoms with Crippen LogP contribution in [0.25, 0.3) is 11.1 Å². The summed E-state index contributed by atoms with van der Waals surface area (Å²) in [5.41, 5.74) is 6.20. The third-order valence-electron chi connectivity index (χ3n) is 6.45. The summed E-state index contributed by atoms with van der Waals surface area (Å²) in [5.74, 6) is 0. The minimum absolute atomic E-state index is 0.179. The second-order valence-corrected chi connectivity index (χ2v) is 10.3. The van der Waals surface area contributed by atoms with Crippen molar-refractivity contribution in [3.05, 3.63) is 56.5 Å². The van der Waals surface area contributed by atoms with E-state index in [9.17, 15) is 0 Å². The van der Waals surface area contributed by atoms with Crippen molar-refractivity contribution in [2.24, 2.45) is 0 Å². The van der Waals surface area contributed by atoms with Crippen molar-refractivity contribution in [2.45, 2.75) is 89.9 Å². The largest absolute Gasteiger partial charge is 0.0654 e.